The van der Waals surface area contributed by atoms with E-state index in [2.05, 4.69) is 26.6 Å². The molecule has 0 aliphatic carbocycles. The van der Waals surface area contributed by atoms with Gasteiger partial charge in [0.2, 0.25) is 5.91 Å². The third-order valence-corrected chi connectivity index (χ3v) is 5.33. The summed E-state index contributed by atoms with van der Waals surface area (Å²) in [5.74, 6) is -0.647. The molecular weight excluding hydrogens is 422 g/mol. The van der Waals surface area contributed by atoms with Crippen molar-refractivity contribution in [3.8, 4) is 0 Å². The molecule has 1 heterocycles. The van der Waals surface area contributed by atoms with Gasteiger partial charge in [-0.25, -0.2) is 4.79 Å². The van der Waals surface area contributed by atoms with Crippen LogP contribution in [0.2, 0.25) is 0 Å². The number of carbonyl (C=O) groups is 3. The zero-order chi connectivity index (χ0) is 20.5. The van der Waals surface area contributed by atoms with Crippen LogP contribution in [0.25, 0.3) is 0 Å². The number of hydrogen-bond donors (Lipinski definition) is 2. The summed E-state index contributed by atoms with van der Waals surface area (Å²) in [6.45, 7) is 5.36. The normalized spacial score (nSPS) is 19.1. The first-order valence-corrected chi connectivity index (χ1v) is 9.80. The Hall–Kier alpha value is -2.67. The minimum absolute atomic E-state index is 0.230. The Balaban J connectivity index is 1.77. The molecule has 28 heavy (non-hydrogen) atoms. The van der Waals surface area contributed by atoms with Crippen molar-refractivity contribution in [3.05, 3.63) is 64.1 Å². The van der Waals surface area contributed by atoms with Crippen molar-refractivity contribution < 1.29 is 14.4 Å². The van der Waals surface area contributed by atoms with Crippen LogP contribution in [0.4, 0.5) is 10.5 Å². The fraction of sp³-hybridized carbons (Fsp3) is 0.286. The van der Waals surface area contributed by atoms with Gasteiger partial charge in [-0.2, -0.15) is 0 Å². The summed E-state index contributed by atoms with van der Waals surface area (Å²) in [6.07, 6.45) is 0. The number of benzene rings is 2. The fourth-order valence-electron chi connectivity index (χ4n) is 3.28. The van der Waals surface area contributed by atoms with Gasteiger partial charge in [-0.1, -0.05) is 60.1 Å². The average Bonchev–Trinajstić information content (AvgIpc) is 2.86. The van der Waals surface area contributed by atoms with Crippen molar-refractivity contribution in [2.75, 3.05) is 11.9 Å². The maximum Gasteiger partial charge on any atom is 0.325 e. The minimum atomic E-state index is -1.21. The number of nitrogens with zero attached hydrogens (tertiary/aromatic N) is 1. The molecule has 7 heteroatoms. The molecule has 0 saturated carbocycles. The molecule has 1 aliphatic heterocycles. The van der Waals surface area contributed by atoms with E-state index in [0.29, 0.717) is 11.3 Å². The van der Waals surface area contributed by atoms with E-state index in [1.807, 2.05) is 44.2 Å². The summed E-state index contributed by atoms with van der Waals surface area (Å²) in [4.78, 5) is 38.9. The third-order valence-electron chi connectivity index (χ3n) is 4.84. The topological polar surface area (TPSA) is 78.5 Å². The number of anilines is 1. The predicted octanol–water partition coefficient (Wildman–Crippen LogP) is 3.98. The first-order valence-electron chi connectivity index (χ1n) is 9.01. The fourth-order valence-corrected chi connectivity index (χ4v) is 3.68. The summed E-state index contributed by atoms with van der Waals surface area (Å²) in [7, 11) is 0. The maximum atomic E-state index is 13.0. The van der Waals surface area contributed by atoms with Gasteiger partial charge in [0.1, 0.15) is 12.1 Å². The number of imide groups is 1. The van der Waals surface area contributed by atoms with Gasteiger partial charge in [-0.15, -0.1) is 0 Å². The molecule has 2 N–H and O–H groups in total. The Kier molecular flexibility index (Phi) is 5.56. The summed E-state index contributed by atoms with van der Waals surface area (Å²) < 4.78 is 0.801. The Labute approximate surface area is 172 Å². The zero-order valence-corrected chi connectivity index (χ0v) is 17.5. The molecule has 2 aromatic carbocycles. The van der Waals surface area contributed by atoms with E-state index in [0.717, 1.165) is 14.9 Å². The third kappa shape index (κ3) is 3.80. The van der Waals surface area contributed by atoms with Crippen molar-refractivity contribution in [2.45, 2.75) is 32.2 Å². The van der Waals surface area contributed by atoms with Crippen LogP contribution < -0.4 is 10.6 Å². The van der Waals surface area contributed by atoms with Crippen molar-refractivity contribution in [1.29, 1.82) is 0 Å². The molecule has 1 saturated heterocycles. The van der Waals surface area contributed by atoms with E-state index in [1.54, 1.807) is 25.1 Å². The van der Waals surface area contributed by atoms with E-state index >= 15 is 0 Å². The summed E-state index contributed by atoms with van der Waals surface area (Å²) in [5, 5.41) is 5.52. The molecule has 0 radical (unpaired) electrons. The summed E-state index contributed by atoms with van der Waals surface area (Å²) >= 11 is 3.38. The highest BCUT2D eigenvalue weighted by Gasteiger charge is 2.49. The molecule has 1 atom stereocenters. The zero-order valence-electron chi connectivity index (χ0n) is 16.0. The van der Waals surface area contributed by atoms with E-state index < -0.39 is 23.4 Å². The monoisotopic (exact) mass is 443 g/mol. The quantitative estimate of drug-likeness (QED) is 0.685. The second-order valence-corrected chi connectivity index (χ2v) is 8.16. The molecule has 6 nitrogen and oxygen atoms in total. The van der Waals surface area contributed by atoms with Gasteiger partial charge >= 0.3 is 6.03 Å². The van der Waals surface area contributed by atoms with Gasteiger partial charge in [-0.05, 0) is 42.2 Å². The lowest BCUT2D eigenvalue weighted by Crippen LogP contribution is -2.42. The Morgan fingerprint density at radius 3 is 2.57 bits per heavy atom. The average molecular weight is 444 g/mol. The van der Waals surface area contributed by atoms with Gasteiger partial charge in [0.05, 0.1) is 0 Å². The highest BCUT2D eigenvalue weighted by molar-refractivity contribution is 9.10. The molecule has 1 fully saturated rings. The van der Waals surface area contributed by atoms with E-state index in [1.165, 1.54) is 0 Å². The van der Waals surface area contributed by atoms with Gasteiger partial charge in [0, 0.05) is 10.2 Å². The Bertz CT molecular complexity index is 944. The van der Waals surface area contributed by atoms with Crippen LogP contribution in [0, 0.1) is 0 Å². The van der Waals surface area contributed by atoms with E-state index in [4.69, 9.17) is 0 Å². The highest BCUT2D eigenvalue weighted by atomic mass is 79.9. The first-order chi connectivity index (χ1) is 13.2. The largest absolute Gasteiger partial charge is 0.325 e. The Morgan fingerprint density at radius 1 is 1.18 bits per heavy atom. The predicted molar refractivity (Wildman–Crippen MR) is 111 cm³/mol. The number of nitrogens with one attached hydrogen (secondary N) is 2. The number of urea groups is 1. The second-order valence-electron chi connectivity index (χ2n) is 7.25. The van der Waals surface area contributed by atoms with Crippen molar-refractivity contribution in [1.82, 2.24) is 10.2 Å². The molecule has 3 rings (SSSR count). The van der Waals surface area contributed by atoms with Gasteiger partial charge in [-0.3, -0.25) is 14.5 Å². The van der Waals surface area contributed by atoms with Gasteiger partial charge in [0.15, 0.2) is 0 Å². The van der Waals surface area contributed by atoms with Crippen LogP contribution in [0.3, 0.4) is 0 Å². The van der Waals surface area contributed by atoms with E-state index in [-0.39, 0.29) is 12.5 Å². The smallest absolute Gasteiger partial charge is 0.324 e. The molecule has 0 aromatic heterocycles. The first kappa shape index (κ1) is 20.1. The number of halogens is 1. The molecule has 2 aromatic rings. The van der Waals surface area contributed by atoms with Crippen LogP contribution in [0.5, 0.6) is 0 Å². The molecule has 0 bridgehead atoms. The number of amides is 4. The van der Waals surface area contributed by atoms with Crippen molar-refractivity contribution in [2.24, 2.45) is 0 Å². The highest BCUT2D eigenvalue weighted by Crippen LogP contribution is 2.30. The number of carbonyl (C=O) groups excluding carboxylic acids is 3. The molecule has 0 unspecified atom stereocenters. The van der Waals surface area contributed by atoms with Gasteiger partial charge < -0.3 is 10.6 Å². The van der Waals surface area contributed by atoms with Crippen LogP contribution in [0.1, 0.15) is 37.8 Å². The number of para-hydroxylation sites is 1. The number of hydrogen-bond acceptors (Lipinski definition) is 3. The molecule has 4 amide bonds. The summed E-state index contributed by atoms with van der Waals surface area (Å²) in [5.41, 5.74) is 1.11. The number of rotatable bonds is 5. The standard InChI is InChI=1S/C21H22BrN3O3/c1-13(2)16-9-4-5-10-17(16)23-18(26)12-25-19(27)21(3,24-20(25)28)14-7-6-8-15(22)11-14/h4-11,13H,12H2,1-3H3,(H,23,26)(H,24,28)/t21-/m1/s1. The van der Waals surface area contributed by atoms with Crippen molar-refractivity contribution in [3.63, 3.8) is 0 Å². The summed E-state index contributed by atoms with van der Waals surface area (Å²) in [6, 6.07) is 14.1. The van der Waals surface area contributed by atoms with E-state index in [9.17, 15) is 14.4 Å². The van der Waals surface area contributed by atoms with Gasteiger partial charge in [0.25, 0.3) is 5.91 Å². The SMILES string of the molecule is CC(C)c1ccccc1NC(=O)CN1C(=O)N[C@](C)(c2cccc(Br)c2)C1=O. The van der Waals surface area contributed by atoms with Crippen LogP contribution in [-0.2, 0) is 15.1 Å². The minimum Gasteiger partial charge on any atom is -0.324 e. The lowest BCUT2D eigenvalue weighted by molar-refractivity contribution is -0.133. The lowest BCUT2D eigenvalue weighted by atomic mass is 9.92. The molecule has 146 valence electrons. The van der Waals surface area contributed by atoms with Crippen LogP contribution in [-0.4, -0.2) is 29.3 Å². The lowest BCUT2D eigenvalue weighted by Gasteiger charge is -2.22. The molecule has 0 spiro atoms. The van der Waals surface area contributed by atoms with Crippen LogP contribution in [0.15, 0.2) is 53.0 Å². The molecular formula is C21H22BrN3O3. The second kappa shape index (κ2) is 7.75. The van der Waals surface area contributed by atoms with Crippen molar-refractivity contribution >= 4 is 39.5 Å². The maximum absolute atomic E-state index is 13.0. The molecule has 1 aliphatic rings. The van der Waals surface area contributed by atoms with Crippen LogP contribution >= 0.6 is 15.9 Å². The Morgan fingerprint density at radius 2 is 1.89 bits per heavy atom.